The molecule has 76 valence electrons. The highest BCUT2D eigenvalue weighted by atomic mass is 16.2. The fourth-order valence-electron chi connectivity index (χ4n) is 1.42. The maximum atomic E-state index is 11.4. The van der Waals surface area contributed by atoms with E-state index in [1.165, 1.54) is 0 Å². The Labute approximate surface area is 80.7 Å². The van der Waals surface area contributed by atoms with Crippen molar-refractivity contribution < 1.29 is 4.79 Å². The number of carbonyl (C=O) groups is 1. The normalized spacial score (nSPS) is 17.8. The number of hydrogen-bond acceptors (Lipinski definition) is 5. The summed E-state index contributed by atoms with van der Waals surface area (Å²) in [5.74, 6) is -0.00905. The van der Waals surface area contributed by atoms with Crippen molar-refractivity contribution in [2.75, 3.05) is 25.9 Å². The number of nitrogens with zero attached hydrogens (tertiary/aromatic N) is 3. The molecule has 1 aliphatic heterocycles. The van der Waals surface area contributed by atoms with Crippen molar-refractivity contribution in [2.24, 2.45) is 0 Å². The molecule has 0 bridgehead atoms. The molecule has 0 unspecified atom stereocenters. The Morgan fingerprint density at radius 2 is 2.43 bits per heavy atom. The van der Waals surface area contributed by atoms with Crippen LogP contribution >= 0.6 is 0 Å². The van der Waals surface area contributed by atoms with Gasteiger partial charge in [-0.1, -0.05) is 0 Å². The Morgan fingerprint density at radius 1 is 1.71 bits per heavy atom. The Kier molecular flexibility index (Phi) is 2.08. The van der Waals surface area contributed by atoms with Crippen molar-refractivity contribution in [2.45, 2.75) is 6.04 Å². The van der Waals surface area contributed by atoms with E-state index in [1.807, 2.05) is 7.05 Å². The number of nitrogen functional groups attached to an aromatic ring is 1. The first-order valence-corrected chi connectivity index (χ1v) is 4.32. The summed E-state index contributed by atoms with van der Waals surface area (Å²) in [5, 5.41) is 8.84. The van der Waals surface area contributed by atoms with Gasteiger partial charge in [0.2, 0.25) is 11.8 Å². The summed E-state index contributed by atoms with van der Waals surface area (Å²) < 4.78 is 0. The van der Waals surface area contributed by atoms with Gasteiger partial charge in [-0.15, -0.1) is 5.10 Å². The molecule has 1 amide bonds. The molecular formula is C7H12N6O. The van der Waals surface area contributed by atoms with E-state index in [9.17, 15) is 4.79 Å². The molecule has 0 aromatic carbocycles. The number of anilines is 1. The zero-order valence-electron chi connectivity index (χ0n) is 7.82. The van der Waals surface area contributed by atoms with Crippen LogP contribution in [0.3, 0.4) is 0 Å². The zero-order valence-corrected chi connectivity index (χ0v) is 7.82. The van der Waals surface area contributed by atoms with Crippen LogP contribution in [0.5, 0.6) is 0 Å². The van der Waals surface area contributed by atoms with Gasteiger partial charge in [-0.3, -0.25) is 9.89 Å². The minimum Gasteiger partial charge on any atom is -0.366 e. The van der Waals surface area contributed by atoms with Gasteiger partial charge in [0.15, 0.2) is 0 Å². The Balaban J connectivity index is 1.90. The average Bonchev–Trinajstić information content (AvgIpc) is 2.49. The van der Waals surface area contributed by atoms with Crippen molar-refractivity contribution in [3.63, 3.8) is 0 Å². The maximum Gasteiger partial charge on any atom is 0.288 e. The lowest BCUT2D eigenvalue weighted by atomic mass is 10.1. The third kappa shape index (κ3) is 1.67. The second-order valence-corrected chi connectivity index (χ2v) is 3.43. The molecular weight excluding hydrogens is 184 g/mol. The van der Waals surface area contributed by atoms with E-state index in [4.69, 9.17) is 5.73 Å². The molecule has 1 fully saturated rings. The fourth-order valence-corrected chi connectivity index (χ4v) is 1.42. The number of likely N-dealkylation sites (tertiary alicyclic amines) is 1. The van der Waals surface area contributed by atoms with Crippen molar-refractivity contribution in [3.8, 4) is 0 Å². The second kappa shape index (κ2) is 3.26. The lowest BCUT2D eigenvalue weighted by molar-refractivity contribution is 0.0848. The lowest BCUT2D eigenvalue weighted by Gasteiger charge is -2.36. The summed E-state index contributed by atoms with van der Waals surface area (Å²) in [6, 6.07) is 0.207. The molecule has 0 spiro atoms. The van der Waals surface area contributed by atoms with Crippen LogP contribution in [0.1, 0.15) is 10.6 Å². The van der Waals surface area contributed by atoms with Crippen LogP contribution in [0, 0.1) is 0 Å². The molecule has 7 nitrogen and oxygen atoms in total. The molecule has 0 saturated carbocycles. The van der Waals surface area contributed by atoms with E-state index in [0.717, 1.165) is 13.1 Å². The number of hydrogen-bond donors (Lipinski definition) is 3. The van der Waals surface area contributed by atoms with Crippen LogP contribution in [0.2, 0.25) is 0 Å². The Hall–Kier alpha value is -1.63. The number of likely N-dealkylation sites (N-methyl/N-ethyl adjacent to an activating group) is 1. The topological polar surface area (TPSA) is 99.9 Å². The van der Waals surface area contributed by atoms with Gasteiger partial charge in [-0.2, -0.15) is 4.98 Å². The van der Waals surface area contributed by atoms with Crippen LogP contribution in [0.4, 0.5) is 5.95 Å². The first kappa shape index (κ1) is 8.95. The standard InChI is InChI=1S/C7H12N6O/c1-13-2-4(3-13)9-6(14)5-10-7(8)12-11-5/h4H,2-3H2,1H3,(H,9,14)(H3,8,10,11,12). The third-order valence-corrected chi connectivity index (χ3v) is 2.12. The van der Waals surface area contributed by atoms with Gasteiger partial charge in [-0.05, 0) is 7.05 Å². The molecule has 7 heteroatoms. The summed E-state index contributed by atoms with van der Waals surface area (Å²) in [6.07, 6.45) is 0. The molecule has 1 aromatic rings. The summed E-state index contributed by atoms with van der Waals surface area (Å²) in [5.41, 5.74) is 5.27. The molecule has 0 aliphatic carbocycles. The number of rotatable bonds is 2. The first-order valence-electron chi connectivity index (χ1n) is 4.32. The number of aromatic amines is 1. The third-order valence-electron chi connectivity index (χ3n) is 2.12. The lowest BCUT2D eigenvalue weighted by Crippen LogP contribution is -2.57. The predicted octanol–water partition coefficient (Wildman–Crippen LogP) is -1.57. The summed E-state index contributed by atoms with van der Waals surface area (Å²) >= 11 is 0. The van der Waals surface area contributed by atoms with E-state index in [0.29, 0.717) is 0 Å². The van der Waals surface area contributed by atoms with Crippen molar-refractivity contribution in [3.05, 3.63) is 5.82 Å². The van der Waals surface area contributed by atoms with E-state index in [-0.39, 0.29) is 23.7 Å². The highest BCUT2D eigenvalue weighted by molar-refractivity contribution is 5.90. The number of H-pyrrole nitrogens is 1. The van der Waals surface area contributed by atoms with Crippen molar-refractivity contribution in [1.29, 1.82) is 0 Å². The van der Waals surface area contributed by atoms with E-state index in [1.54, 1.807) is 0 Å². The van der Waals surface area contributed by atoms with E-state index < -0.39 is 0 Å². The SMILES string of the molecule is CN1CC(NC(=O)c2nc(N)n[nH]2)C1. The molecule has 0 atom stereocenters. The predicted molar refractivity (Wildman–Crippen MR) is 49.5 cm³/mol. The van der Waals surface area contributed by atoms with Gasteiger partial charge < -0.3 is 16.0 Å². The number of nitrogens with one attached hydrogen (secondary N) is 2. The monoisotopic (exact) mass is 196 g/mol. The quantitative estimate of drug-likeness (QED) is 0.530. The minimum absolute atomic E-state index is 0.0841. The number of amides is 1. The van der Waals surface area contributed by atoms with Crippen molar-refractivity contribution >= 4 is 11.9 Å². The smallest absolute Gasteiger partial charge is 0.288 e. The summed E-state index contributed by atoms with van der Waals surface area (Å²) in [7, 11) is 2.00. The van der Waals surface area contributed by atoms with Gasteiger partial charge in [0.05, 0.1) is 6.04 Å². The van der Waals surface area contributed by atoms with Gasteiger partial charge in [0, 0.05) is 13.1 Å². The molecule has 1 aliphatic rings. The highest BCUT2D eigenvalue weighted by Gasteiger charge is 2.25. The Morgan fingerprint density at radius 3 is 2.93 bits per heavy atom. The van der Waals surface area contributed by atoms with Gasteiger partial charge in [0.1, 0.15) is 0 Å². The molecule has 1 aromatic heterocycles. The van der Waals surface area contributed by atoms with Crippen LogP contribution in [0.15, 0.2) is 0 Å². The number of nitrogens with two attached hydrogens (primary N) is 1. The molecule has 2 heterocycles. The number of aromatic nitrogens is 3. The summed E-state index contributed by atoms with van der Waals surface area (Å²) in [4.78, 5) is 17.3. The van der Waals surface area contributed by atoms with Crippen LogP contribution in [-0.2, 0) is 0 Å². The van der Waals surface area contributed by atoms with Gasteiger partial charge in [0.25, 0.3) is 5.91 Å². The van der Waals surface area contributed by atoms with Gasteiger partial charge >= 0.3 is 0 Å². The van der Waals surface area contributed by atoms with Crippen molar-refractivity contribution in [1.82, 2.24) is 25.4 Å². The molecule has 1 saturated heterocycles. The van der Waals surface area contributed by atoms with Gasteiger partial charge in [-0.25, -0.2) is 0 Å². The van der Waals surface area contributed by atoms with Crippen LogP contribution in [-0.4, -0.2) is 52.2 Å². The summed E-state index contributed by atoms with van der Waals surface area (Å²) in [6.45, 7) is 1.74. The Bertz CT molecular complexity index is 342. The first-order chi connectivity index (χ1) is 6.65. The maximum absolute atomic E-state index is 11.4. The minimum atomic E-state index is -0.257. The molecule has 0 radical (unpaired) electrons. The van der Waals surface area contributed by atoms with E-state index in [2.05, 4.69) is 25.4 Å². The van der Waals surface area contributed by atoms with Crippen LogP contribution < -0.4 is 11.1 Å². The molecule has 14 heavy (non-hydrogen) atoms. The fraction of sp³-hybridized carbons (Fsp3) is 0.571. The second-order valence-electron chi connectivity index (χ2n) is 3.43. The highest BCUT2D eigenvalue weighted by Crippen LogP contribution is 2.04. The number of carbonyl (C=O) groups excluding carboxylic acids is 1. The molecule has 4 N–H and O–H groups in total. The zero-order chi connectivity index (χ0) is 10.1. The van der Waals surface area contributed by atoms with E-state index >= 15 is 0 Å². The molecule has 2 rings (SSSR count). The van der Waals surface area contributed by atoms with Crippen LogP contribution in [0.25, 0.3) is 0 Å². The average molecular weight is 196 g/mol. The largest absolute Gasteiger partial charge is 0.366 e.